The molecule has 0 fully saturated rings. The van der Waals surface area contributed by atoms with Crippen molar-refractivity contribution in [1.82, 2.24) is 5.32 Å². The van der Waals surface area contributed by atoms with E-state index in [0.717, 1.165) is 13.0 Å². The average Bonchev–Trinajstić information content (AvgIpc) is 2.04. The van der Waals surface area contributed by atoms with Gasteiger partial charge in [0.25, 0.3) is 0 Å². The van der Waals surface area contributed by atoms with Crippen molar-refractivity contribution in [3.05, 3.63) is 36.6 Å². The van der Waals surface area contributed by atoms with Crippen LogP contribution < -0.4 is 5.32 Å². The SMILES string of the molecule is C=C/C(O)=C\C=C\CCNC. The largest absolute Gasteiger partial charge is 0.508 e. The lowest BCUT2D eigenvalue weighted by molar-refractivity contribution is 0.433. The Balaban J connectivity index is 3.50. The highest BCUT2D eigenvalue weighted by Gasteiger charge is 1.77. The van der Waals surface area contributed by atoms with Crippen LogP contribution in [-0.2, 0) is 0 Å². The fraction of sp³-hybridized carbons (Fsp3) is 0.333. The van der Waals surface area contributed by atoms with Crippen LogP contribution in [0.15, 0.2) is 36.6 Å². The zero-order valence-electron chi connectivity index (χ0n) is 6.88. The van der Waals surface area contributed by atoms with Gasteiger partial charge >= 0.3 is 0 Å². The Kier molecular flexibility index (Phi) is 6.43. The van der Waals surface area contributed by atoms with E-state index >= 15 is 0 Å². The molecule has 0 bridgehead atoms. The number of hydrogen-bond acceptors (Lipinski definition) is 2. The number of hydrogen-bond donors (Lipinski definition) is 2. The second-order valence-corrected chi connectivity index (χ2v) is 2.12. The van der Waals surface area contributed by atoms with Crippen molar-refractivity contribution in [3.63, 3.8) is 0 Å². The molecule has 0 aliphatic heterocycles. The van der Waals surface area contributed by atoms with E-state index in [1.165, 1.54) is 6.08 Å². The molecule has 0 aromatic heterocycles. The fourth-order valence-corrected chi connectivity index (χ4v) is 0.559. The van der Waals surface area contributed by atoms with Crippen LogP contribution in [0.1, 0.15) is 6.42 Å². The molecule has 0 heterocycles. The number of aliphatic hydroxyl groups is 1. The summed E-state index contributed by atoms with van der Waals surface area (Å²) in [7, 11) is 1.91. The lowest BCUT2D eigenvalue weighted by atomic mass is 10.3. The Hall–Kier alpha value is -1.02. The molecule has 0 aliphatic carbocycles. The summed E-state index contributed by atoms with van der Waals surface area (Å²) in [5.74, 6) is 0.200. The van der Waals surface area contributed by atoms with Crippen molar-refractivity contribution < 1.29 is 5.11 Å². The normalized spacial score (nSPS) is 12.3. The molecular weight excluding hydrogens is 138 g/mol. The average molecular weight is 153 g/mol. The van der Waals surface area contributed by atoms with Crippen LogP contribution in [0.2, 0.25) is 0 Å². The molecule has 2 heteroatoms. The maximum atomic E-state index is 8.89. The smallest absolute Gasteiger partial charge is 0.114 e. The second-order valence-electron chi connectivity index (χ2n) is 2.12. The van der Waals surface area contributed by atoms with Crippen LogP contribution in [0.25, 0.3) is 0 Å². The van der Waals surface area contributed by atoms with Crippen LogP contribution in [0, 0.1) is 0 Å². The summed E-state index contributed by atoms with van der Waals surface area (Å²) >= 11 is 0. The molecule has 2 nitrogen and oxygen atoms in total. The predicted octanol–water partition coefficient (Wildman–Crippen LogP) is 1.78. The first-order valence-electron chi connectivity index (χ1n) is 3.64. The third-order valence-electron chi connectivity index (χ3n) is 1.17. The van der Waals surface area contributed by atoms with E-state index in [9.17, 15) is 0 Å². The molecule has 0 aliphatic rings. The van der Waals surface area contributed by atoms with Crippen LogP contribution in [-0.4, -0.2) is 18.7 Å². The molecule has 0 amide bonds. The van der Waals surface area contributed by atoms with E-state index in [-0.39, 0.29) is 5.76 Å². The third kappa shape index (κ3) is 6.87. The number of rotatable bonds is 5. The lowest BCUT2D eigenvalue weighted by Crippen LogP contribution is -2.05. The summed E-state index contributed by atoms with van der Waals surface area (Å²) in [6.07, 6.45) is 7.78. The number of aliphatic hydroxyl groups excluding tert-OH is 1. The van der Waals surface area contributed by atoms with Gasteiger partial charge in [-0.3, -0.25) is 0 Å². The van der Waals surface area contributed by atoms with E-state index < -0.39 is 0 Å². The zero-order chi connectivity index (χ0) is 8.53. The van der Waals surface area contributed by atoms with Gasteiger partial charge in [-0.1, -0.05) is 18.7 Å². The summed E-state index contributed by atoms with van der Waals surface area (Å²) in [6, 6.07) is 0. The van der Waals surface area contributed by atoms with E-state index in [2.05, 4.69) is 11.9 Å². The summed E-state index contributed by atoms with van der Waals surface area (Å²) in [5.41, 5.74) is 0. The van der Waals surface area contributed by atoms with Crippen molar-refractivity contribution in [1.29, 1.82) is 0 Å². The minimum Gasteiger partial charge on any atom is -0.508 e. The van der Waals surface area contributed by atoms with Crippen molar-refractivity contribution in [2.75, 3.05) is 13.6 Å². The Morgan fingerprint density at radius 3 is 2.91 bits per heavy atom. The van der Waals surface area contributed by atoms with E-state index in [1.54, 1.807) is 6.08 Å². The predicted molar refractivity (Wildman–Crippen MR) is 48.6 cm³/mol. The van der Waals surface area contributed by atoms with Gasteiger partial charge < -0.3 is 10.4 Å². The molecule has 0 atom stereocenters. The first-order valence-corrected chi connectivity index (χ1v) is 3.64. The minimum atomic E-state index is 0.200. The maximum absolute atomic E-state index is 8.89. The summed E-state index contributed by atoms with van der Waals surface area (Å²) in [4.78, 5) is 0. The summed E-state index contributed by atoms with van der Waals surface area (Å²) in [5, 5.41) is 11.9. The number of allylic oxidation sites excluding steroid dienone is 3. The van der Waals surface area contributed by atoms with Gasteiger partial charge in [0.05, 0.1) is 0 Å². The van der Waals surface area contributed by atoms with Gasteiger partial charge in [-0.15, -0.1) is 0 Å². The first-order chi connectivity index (χ1) is 5.31. The second kappa shape index (κ2) is 7.09. The highest BCUT2D eigenvalue weighted by Crippen LogP contribution is 1.89. The van der Waals surface area contributed by atoms with E-state index in [4.69, 9.17) is 5.11 Å². The van der Waals surface area contributed by atoms with Gasteiger partial charge in [-0.05, 0) is 32.2 Å². The summed E-state index contributed by atoms with van der Waals surface area (Å²) < 4.78 is 0. The number of nitrogens with one attached hydrogen (secondary N) is 1. The van der Waals surface area contributed by atoms with Gasteiger partial charge in [0.15, 0.2) is 0 Å². The Bertz CT molecular complexity index is 159. The van der Waals surface area contributed by atoms with Crippen LogP contribution in [0.4, 0.5) is 0 Å². The van der Waals surface area contributed by atoms with Gasteiger partial charge in [0.2, 0.25) is 0 Å². The van der Waals surface area contributed by atoms with Crippen LogP contribution in [0.5, 0.6) is 0 Å². The molecule has 0 unspecified atom stereocenters. The Morgan fingerprint density at radius 1 is 1.64 bits per heavy atom. The molecule has 0 radical (unpaired) electrons. The third-order valence-corrected chi connectivity index (χ3v) is 1.17. The highest BCUT2D eigenvalue weighted by molar-refractivity contribution is 5.14. The quantitative estimate of drug-likeness (QED) is 0.358. The molecule has 11 heavy (non-hydrogen) atoms. The minimum absolute atomic E-state index is 0.200. The van der Waals surface area contributed by atoms with Gasteiger partial charge in [0, 0.05) is 0 Å². The molecule has 2 N–H and O–H groups in total. The van der Waals surface area contributed by atoms with Gasteiger partial charge in [0.1, 0.15) is 5.76 Å². The topological polar surface area (TPSA) is 32.3 Å². The first kappa shape index (κ1) is 9.98. The molecule has 0 rings (SSSR count). The molecule has 0 aromatic carbocycles. The zero-order valence-corrected chi connectivity index (χ0v) is 6.88. The van der Waals surface area contributed by atoms with Crippen LogP contribution >= 0.6 is 0 Å². The molecule has 0 spiro atoms. The van der Waals surface area contributed by atoms with Crippen LogP contribution in [0.3, 0.4) is 0 Å². The van der Waals surface area contributed by atoms with Gasteiger partial charge in [-0.2, -0.15) is 0 Å². The molecule has 0 aromatic rings. The molecule has 62 valence electrons. The highest BCUT2D eigenvalue weighted by atomic mass is 16.3. The van der Waals surface area contributed by atoms with Gasteiger partial charge in [-0.25, -0.2) is 0 Å². The van der Waals surface area contributed by atoms with Crippen molar-refractivity contribution in [2.45, 2.75) is 6.42 Å². The van der Waals surface area contributed by atoms with E-state index in [0.29, 0.717) is 0 Å². The standard InChI is InChI=1S/C9H15NO/c1-3-9(11)7-5-4-6-8-10-2/h3-5,7,10-11H,1,6,8H2,2H3/b5-4+,9-7+. The van der Waals surface area contributed by atoms with E-state index in [1.807, 2.05) is 19.2 Å². The van der Waals surface area contributed by atoms with Crippen molar-refractivity contribution in [2.24, 2.45) is 0 Å². The Morgan fingerprint density at radius 2 is 2.36 bits per heavy atom. The monoisotopic (exact) mass is 153 g/mol. The molecular formula is C9H15NO. The summed E-state index contributed by atoms with van der Waals surface area (Å²) in [6.45, 7) is 4.37. The lowest BCUT2D eigenvalue weighted by Gasteiger charge is -1.89. The fourth-order valence-electron chi connectivity index (χ4n) is 0.559. The van der Waals surface area contributed by atoms with Crippen molar-refractivity contribution in [3.8, 4) is 0 Å². The Labute approximate surface area is 67.9 Å². The molecule has 0 saturated carbocycles. The van der Waals surface area contributed by atoms with Crippen molar-refractivity contribution >= 4 is 0 Å². The maximum Gasteiger partial charge on any atom is 0.114 e. The molecule has 0 saturated heterocycles.